The zero-order valence-electron chi connectivity index (χ0n) is 15.7. The zero-order chi connectivity index (χ0) is 21.9. The quantitative estimate of drug-likeness (QED) is 0.503. The van der Waals surface area contributed by atoms with Gasteiger partial charge >= 0.3 is 12.4 Å². The molecule has 1 aliphatic heterocycles. The van der Waals surface area contributed by atoms with Crippen LogP contribution in [0.1, 0.15) is 16.7 Å². The first-order valence-electron chi connectivity index (χ1n) is 9.10. The van der Waals surface area contributed by atoms with E-state index in [0.29, 0.717) is 31.9 Å². The second-order valence-corrected chi connectivity index (χ2v) is 6.82. The molecule has 1 amide bonds. The SMILES string of the molecule is O=C(C=Cc1cccc(C(F)(F)F)c1)N1CCN(c2cccc(C(F)(F)F)c2)CC1. The number of anilines is 1. The second-order valence-electron chi connectivity index (χ2n) is 6.82. The lowest BCUT2D eigenvalue weighted by Gasteiger charge is -2.35. The van der Waals surface area contributed by atoms with E-state index in [1.54, 1.807) is 11.0 Å². The first-order valence-corrected chi connectivity index (χ1v) is 9.10. The van der Waals surface area contributed by atoms with Crippen LogP contribution in [0.2, 0.25) is 0 Å². The Bertz CT molecular complexity index is 928. The monoisotopic (exact) mass is 428 g/mol. The molecule has 0 aliphatic carbocycles. The summed E-state index contributed by atoms with van der Waals surface area (Å²) in [4.78, 5) is 15.6. The van der Waals surface area contributed by atoms with Gasteiger partial charge in [0.2, 0.25) is 5.91 Å². The molecule has 0 unspecified atom stereocenters. The van der Waals surface area contributed by atoms with Crippen molar-refractivity contribution in [3.8, 4) is 0 Å². The lowest BCUT2D eigenvalue weighted by Crippen LogP contribution is -2.48. The van der Waals surface area contributed by atoms with Gasteiger partial charge in [0.25, 0.3) is 0 Å². The summed E-state index contributed by atoms with van der Waals surface area (Å²) >= 11 is 0. The van der Waals surface area contributed by atoms with Gasteiger partial charge in [0.15, 0.2) is 0 Å². The molecule has 30 heavy (non-hydrogen) atoms. The smallest absolute Gasteiger partial charge is 0.368 e. The maximum Gasteiger partial charge on any atom is 0.416 e. The Kier molecular flexibility index (Phi) is 6.09. The van der Waals surface area contributed by atoms with E-state index in [9.17, 15) is 31.1 Å². The van der Waals surface area contributed by atoms with E-state index in [4.69, 9.17) is 0 Å². The predicted molar refractivity (Wildman–Crippen MR) is 101 cm³/mol. The normalized spacial score (nSPS) is 15.7. The van der Waals surface area contributed by atoms with Gasteiger partial charge < -0.3 is 9.80 Å². The Hall–Kier alpha value is -2.97. The fourth-order valence-electron chi connectivity index (χ4n) is 3.16. The van der Waals surface area contributed by atoms with Gasteiger partial charge in [-0.1, -0.05) is 18.2 Å². The number of halogens is 6. The lowest BCUT2D eigenvalue weighted by molar-refractivity contribution is -0.138. The van der Waals surface area contributed by atoms with Crippen molar-refractivity contribution in [3.63, 3.8) is 0 Å². The summed E-state index contributed by atoms with van der Waals surface area (Å²) in [6.45, 7) is 1.29. The molecule has 3 rings (SSSR count). The third-order valence-electron chi connectivity index (χ3n) is 4.76. The van der Waals surface area contributed by atoms with Gasteiger partial charge in [-0.05, 0) is 42.0 Å². The van der Waals surface area contributed by atoms with Gasteiger partial charge in [0.1, 0.15) is 0 Å². The number of hydrogen-bond acceptors (Lipinski definition) is 2. The average Bonchev–Trinajstić information content (AvgIpc) is 2.71. The van der Waals surface area contributed by atoms with E-state index in [0.717, 1.165) is 24.3 Å². The molecular formula is C21H18F6N2O. The first-order chi connectivity index (χ1) is 14.0. The lowest BCUT2D eigenvalue weighted by atomic mass is 10.1. The van der Waals surface area contributed by atoms with Crippen molar-refractivity contribution in [2.75, 3.05) is 31.1 Å². The number of hydrogen-bond donors (Lipinski definition) is 0. The topological polar surface area (TPSA) is 23.6 Å². The molecule has 1 aliphatic rings. The van der Waals surface area contributed by atoms with E-state index in [2.05, 4.69) is 0 Å². The van der Waals surface area contributed by atoms with Crippen LogP contribution in [0.3, 0.4) is 0 Å². The molecule has 0 saturated carbocycles. The number of carbonyl (C=O) groups excluding carboxylic acids is 1. The Morgan fingerprint density at radius 2 is 1.37 bits per heavy atom. The maximum absolute atomic E-state index is 12.9. The number of benzene rings is 2. The van der Waals surface area contributed by atoms with Crippen LogP contribution in [-0.2, 0) is 17.1 Å². The van der Waals surface area contributed by atoms with E-state index in [1.165, 1.54) is 35.3 Å². The summed E-state index contributed by atoms with van der Waals surface area (Å²) in [5.74, 6) is -0.365. The number of amides is 1. The summed E-state index contributed by atoms with van der Waals surface area (Å²) in [5, 5.41) is 0. The van der Waals surface area contributed by atoms with Crippen LogP contribution in [0.5, 0.6) is 0 Å². The highest BCUT2D eigenvalue weighted by Crippen LogP contribution is 2.32. The highest BCUT2D eigenvalue weighted by Gasteiger charge is 2.31. The maximum atomic E-state index is 12.9. The van der Waals surface area contributed by atoms with Crippen LogP contribution in [0.25, 0.3) is 6.08 Å². The molecule has 0 bridgehead atoms. The minimum atomic E-state index is -4.46. The fourth-order valence-corrected chi connectivity index (χ4v) is 3.16. The van der Waals surface area contributed by atoms with E-state index >= 15 is 0 Å². The van der Waals surface area contributed by atoms with E-state index in [-0.39, 0.29) is 11.5 Å². The molecule has 1 heterocycles. The van der Waals surface area contributed by atoms with Crippen molar-refractivity contribution in [3.05, 3.63) is 71.3 Å². The summed E-state index contributed by atoms with van der Waals surface area (Å²) in [6.07, 6.45) is -6.37. The van der Waals surface area contributed by atoms with Gasteiger partial charge in [-0.2, -0.15) is 26.3 Å². The average molecular weight is 428 g/mol. The Morgan fingerprint density at radius 3 is 1.97 bits per heavy atom. The molecule has 9 heteroatoms. The minimum Gasteiger partial charge on any atom is -0.368 e. The highest BCUT2D eigenvalue weighted by atomic mass is 19.4. The Balaban J connectivity index is 1.60. The molecule has 2 aromatic rings. The van der Waals surface area contributed by atoms with Crippen molar-refractivity contribution in [2.24, 2.45) is 0 Å². The predicted octanol–water partition coefficient (Wildman–Crippen LogP) is 5.09. The van der Waals surface area contributed by atoms with Crippen molar-refractivity contribution in [1.29, 1.82) is 0 Å². The molecule has 0 N–H and O–H groups in total. The highest BCUT2D eigenvalue weighted by molar-refractivity contribution is 5.92. The molecule has 0 spiro atoms. The van der Waals surface area contributed by atoms with Gasteiger partial charge in [-0.3, -0.25) is 4.79 Å². The Morgan fingerprint density at radius 1 is 0.800 bits per heavy atom. The van der Waals surface area contributed by atoms with Crippen LogP contribution in [0.4, 0.5) is 32.0 Å². The van der Waals surface area contributed by atoms with Crippen LogP contribution in [-0.4, -0.2) is 37.0 Å². The molecule has 0 atom stereocenters. The number of alkyl halides is 6. The molecule has 0 aromatic heterocycles. The van der Waals surface area contributed by atoms with Crippen molar-refractivity contribution in [1.82, 2.24) is 4.90 Å². The largest absolute Gasteiger partial charge is 0.416 e. The first kappa shape index (κ1) is 21.7. The summed E-state index contributed by atoms with van der Waals surface area (Å²) in [7, 11) is 0. The number of piperazine rings is 1. The molecular weight excluding hydrogens is 410 g/mol. The van der Waals surface area contributed by atoms with Crippen LogP contribution >= 0.6 is 0 Å². The molecule has 1 saturated heterocycles. The van der Waals surface area contributed by atoms with E-state index in [1.807, 2.05) is 0 Å². The summed E-state index contributed by atoms with van der Waals surface area (Å²) in [5.41, 5.74) is -0.855. The van der Waals surface area contributed by atoms with Crippen molar-refractivity contribution in [2.45, 2.75) is 12.4 Å². The van der Waals surface area contributed by atoms with Crippen LogP contribution in [0.15, 0.2) is 54.6 Å². The third kappa shape index (κ3) is 5.34. The number of carbonyl (C=O) groups is 1. The molecule has 160 valence electrons. The molecule has 3 nitrogen and oxygen atoms in total. The number of rotatable bonds is 3. The summed E-state index contributed by atoms with van der Waals surface area (Å²) in [6, 6.07) is 9.63. The van der Waals surface area contributed by atoms with Crippen molar-refractivity contribution < 1.29 is 31.1 Å². The Labute approximate surface area is 169 Å². The molecule has 0 radical (unpaired) electrons. The van der Waals surface area contributed by atoms with Gasteiger partial charge in [-0.15, -0.1) is 0 Å². The minimum absolute atomic E-state index is 0.251. The third-order valence-corrected chi connectivity index (χ3v) is 4.76. The van der Waals surface area contributed by atoms with Crippen molar-refractivity contribution >= 4 is 17.7 Å². The van der Waals surface area contributed by atoms with Gasteiger partial charge in [0, 0.05) is 37.9 Å². The zero-order valence-corrected chi connectivity index (χ0v) is 15.7. The fraction of sp³-hybridized carbons (Fsp3) is 0.286. The molecule has 2 aromatic carbocycles. The van der Waals surface area contributed by atoms with E-state index < -0.39 is 23.5 Å². The van der Waals surface area contributed by atoms with Crippen LogP contribution in [0, 0.1) is 0 Å². The summed E-state index contributed by atoms with van der Waals surface area (Å²) < 4.78 is 76.9. The van der Waals surface area contributed by atoms with Gasteiger partial charge in [-0.25, -0.2) is 0 Å². The standard InChI is InChI=1S/C21H18F6N2O/c22-20(23,24)16-4-1-3-15(13-16)7-8-19(30)29-11-9-28(10-12-29)18-6-2-5-17(14-18)21(25,26)27/h1-8,13-14H,9-12H2. The molecule has 1 fully saturated rings. The number of nitrogens with zero attached hydrogens (tertiary/aromatic N) is 2. The van der Waals surface area contributed by atoms with Gasteiger partial charge in [0.05, 0.1) is 11.1 Å². The second kappa shape index (κ2) is 8.41. The van der Waals surface area contributed by atoms with Crippen LogP contribution < -0.4 is 4.90 Å².